The summed E-state index contributed by atoms with van der Waals surface area (Å²) in [4.78, 5) is 9.74. The first-order valence-electron chi connectivity index (χ1n) is 3.31. The smallest absolute Gasteiger partial charge is 0.198 e. The molecule has 2 heteroatoms. The van der Waals surface area contributed by atoms with Gasteiger partial charge in [0.2, 0.25) is 0 Å². The van der Waals surface area contributed by atoms with Crippen LogP contribution in [0.3, 0.4) is 0 Å². The van der Waals surface area contributed by atoms with Gasteiger partial charge < -0.3 is 0 Å². The van der Waals surface area contributed by atoms with Crippen molar-refractivity contribution in [3.05, 3.63) is 0 Å². The third kappa shape index (κ3) is 5.50. The van der Waals surface area contributed by atoms with E-state index in [4.69, 9.17) is 5.73 Å². The predicted octanol–water partition coefficient (Wildman–Crippen LogP) is 1.19. The summed E-state index contributed by atoms with van der Waals surface area (Å²) in [6.07, 6.45) is 4.17. The first kappa shape index (κ1) is 8.63. The van der Waals surface area contributed by atoms with E-state index in [0.29, 0.717) is 18.9 Å². The van der Waals surface area contributed by atoms with Gasteiger partial charge >= 0.3 is 0 Å². The van der Waals surface area contributed by atoms with E-state index in [1.807, 2.05) is 6.29 Å². The highest BCUT2D eigenvalue weighted by Crippen LogP contribution is 2.07. The minimum Gasteiger partial charge on any atom is -0.291 e. The number of hydrogen-bond donors (Lipinski definition) is 0. The molecule has 0 amide bonds. The minimum absolute atomic E-state index is 0.472. The molecule has 0 bridgehead atoms. The third-order valence-electron chi connectivity index (χ3n) is 1.38. The summed E-state index contributed by atoms with van der Waals surface area (Å²) < 4.78 is 0. The van der Waals surface area contributed by atoms with E-state index in [-0.39, 0.29) is 0 Å². The van der Waals surface area contributed by atoms with Gasteiger partial charge in [0.15, 0.2) is 6.29 Å². The molecule has 0 spiro atoms. The van der Waals surface area contributed by atoms with Gasteiger partial charge in [0.05, 0.1) is 0 Å². The molecule has 0 saturated heterocycles. The van der Waals surface area contributed by atoms with Crippen molar-refractivity contribution in [2.24, 2.45) is 5.92 Å². The van der Waals surface area contributed by atoms with Gasteiger partial charge in [0.25, 0.3) is 0 Å². The molecule has 0 aliphatic heterocycles. The van der Waals surface area contributed by atoms with Crippen LogP contribution in [0, 0.1) is 5.92 Å². The molecule has 2 radical (unpaired) electrons. The molecule has 0 saturated carbocycles. The lowest BCUT2D eigenvalue weighted by Gasteiger charge is -2.04. The molecule has 1 unspecified atom stereocenters. The maximum absolute atomic E-state index is 9.74. The van der Waals surface area contributed by atoms with Crippen molar-refractivity contribution >= 4 is 6.29 Å². The summed E-state index contributed by atoms with van der Waals surface area (Å²) in [5, 5.41) is 0. The SMILES string of the molecule is CC(CC[NH])CC[C]=O. The Morgan fingerprint density at radius 2 is 2.22 bits per heavy atom. The minimum atomic E-state index is 0.472. The van der Waals surface area contributed by atoms with Crippen LogP contribution in [0.5, 0.6) is 0 Å². The molecule has 2 nitrogen and oxygen atoms in total. The zero-order valence-electron chi connectivity index (χ0n) is 5.81. The fraction of sp³-hybridized carbons (Fsp3) is 0.857. The average Bonchev–Trinajstić information content (AvgIpc) is 1.85. The molecule has 0 aromatic carbocycles. The predicted molar refractivity (Wildman–Crippen MR) is 36.7 cm³/mol. The van der Waals surface area contributed by atoms with Crippen LogP contribution in [0.25, 0.3) is 0 Å². The van der Waals surface area contributed by atoms with Crippen molar-refractivity contribution < 1.29 is 4.79 Å². The van der Waals surface area contributed by atoms with Gasteiger partial charge in [-0.3, -0.25) is 10.5 Å². The molecule has 1 N–H and O–H groups in total. The molecule has 1 atom stereocenters. The van der Waals surface area contributed by atoms with Crippen molar-refractivity contribution in [1.82, 2.24) is 5.73 Å². The van der Waals surface area contributed by atoms with Crippen molar-refractivity contribution in [3.63, 3.8) is 0 Å². The summed E-state index contributed by atoms with van der Waals surface area (Å²) in [7, 11) is 0. The number of hydrogen-bond acceptors (Lipinski definition) is 1. The molecular weight excluding hydrogens is 114 g/mol. The van der Waals surface area contributed by atoms with Crippen molar-refractivity contribution in [3.8, 4) is 0 Å². The van der Waals surface area contributed by atoms with E-state index >= 15 is 0 Å². The van der Waals surface area contributed by atoms with Gasteiger partial charge in [-0.1, -0.05) is 6.92 Å². The Morgan fingerprint density at radius 3 is 2.67 bits per heavy atom. The standard InChI is InChI=1S/C7H13NO/c1-7(4-5-8)3-2-6-9/h7-8H,2-5H2,1H3. The molecular formula is C7H13NO. The summed E-state index contributed by atoms with van der Waals surface area (Å²) in [6.45, 7) is 2.53. The summed E-state index contributed by atoms with van der Waals surface area (Å²) in [5.41, 5.74) is 6.87. The van der Waals surface area contributed by atoms with E-state index < -0.39 is 0 Å². The number of rotatable bonds is 5. The summed E-state index contributed by atoms with van der Waals surface area (Å²) in [5.74, 6) is 0.518. The van der Waals surface area contributed by atoms with E-state index in [1.165, 1.54) is 0 Å². The van der Waals surface area contributed by atoms with Gasteiger partial charge in [0, 0.05) is 13.0 Å². The molecule has 0 aliphatic carbocycles. The van der Waals surface area contributed by atoms with Gasteiger partial charge in [-0.2, -0.15) is 0 Å². The second-order valence-corrected chi connectivity index (χ2v) is 2.33. The zero-order chi connectivity index (χ0) is 7.11. The van der Waals surface area contributed by atoms with Crippen molar-refractivity contribution in [2.45, 2.75) is 26.2 Å². The van der Waals surface area contributed by atoms with Crippen LogP contribution in [0.4, 0.5) is 0 Å². The lowest BCUT2D eigenvalue weighted by Crippen LogP contribution is -1.98. The van der Waals surface area contributed by atoms with Crippen LogP contribution in [0.2, 0.25) is 0 Å². The summed E-state index contributed by atoms with van der Waals surface area (Å²) in [6, 6.07) is 0. The first-order valence-corrected chi connectivity index (χ1v) is 3.31. The van der Waals surface area contributed by atoms with E-state index in [1.54, 1.807) is 0 Å². The normalized spacial score (nSPS) is 13.1. The lowest BCUT2D eigenvalue weighted by atomic mass is 10.0. The van der Waals surface area contributed by atoms with Gasteiger partial charge in [-0.25, -0.2) is 0 Å². The Bertz CT molecular complexity index is 73.3. The van der Waals surface area contributed by atoms with Crippen LogP contribution >= 0.6 is 0 Å². The molecule has 9 heavy (non-hydrogen) atoms. The van der Waals surface area contributed by atoms with Gasteiger partial charge in [-0.05, 0) is 18.8 Å². The number of nitrogens with one attached hydrogen (secondary N) is 1. The average molecular weight is 127 g/mol. The van der Waals surface area contributed by atoms with E-state index in [2.05, 4.69) is 6.92 Å². The Labute approximate surface area is 56.4 Å². The molecule has 0 aromatic rings. The second-order valence-electron chi connectivity index (χ2n) is 2.33. The molecule has 0 fully saturated rings. The topological polar surface area (TPSA) is 40.9 Å². The maximum atomic E-state index is 9.74. The fourth-order valence-corrected chi connectivity index (χ4v) is 0.696. The third-order valence-corrected chi connectivity index (χ3v) is 1.38. The molecule has 0 rings (SSSR count). The van der Waals surface area contributed by atoms with Gasteiger partial charge in [0.1, 0.15) is 0 Å². The fourth-order valence-electron chi connectivity index (χ4n) is 0.696. The van der Waals surface area contributed by atoms with Crippen LogP contribution in [0.15, 0.2) is 0 Å². The molecule has 0 heterocycles. The van der Waals surface area contributed by atoms with Gasteiger partial charge in [-0.15, -0.1) is 0 Å². The second kappa shape index (κ2) is 5.76. The zero-order valence-corrected chi connectivity index (χ0v) is 5.81. The monoisotopic (exact) mass is 127 g/mol. The Balaban J connectivity index is 3.04. The highest BCUT2D eigenvalue weighted by molar-refractivity contribution is 5.50. The van der Waals surface area contributed by atoms with Crippen LogP contribution in [-0.2, 0) is 4.79 Å². The van der Waals surface area contributed by atoms with Crippen molar-refractivity contribution in [1.29, 1.82) is 0 Å². The first-order chi connectivity index (χ1) is 4.31. The maximum Gasteiger partial charge on any atom is 0.198 e. The quantitative estimate of drug-likeness (QED) is 0.546. The highest BCUT2D eigenvalue weighted by atomic mass is 16.1. The Morgan fingerprint density at radius 1 is 1.56 bits per heavy atom. The van der Waals surface area contributed by atoms with Crippen LogP contribution in [-0.4, -0.2) is 12.8 Å². The van der Waals surface area contributed by atoms with Crippen molar-refractivity contribution in [2.75, 3.05) is 6.54 Å². The Kier molecular flexibility index (Phi) is 5.52. The Hall–Kier alpha value is -0.370. The van der Waals surface area contributed by atoms with E-state index in [9.17, 15) is 4.79 Å². The molecule has 0 aliphatic rings. The largest absolute Gasteiger partial charge is 0.291 e. The highest BCUT2D eigenvalue weighted by Gasteiger charge is 1.98. The number of carbonyl (C=O) groups excluding carboxylic acids is 1. The molecule has 0 aromatic heterocycles. The summed E-state index contributed by atoms with van der Waals surface area (Å²) >= 11 is 0. The van der Waals surface area contributed by atoms with Crippen LogP contribution < -0.4 is 5.73 Å². The van der Waals surface area contributed by atoms with Crippen LogP contribution in [0.1, 0.15) is 26.2 Å². The van der Waals surface area contributed by atoms with E-state index in [0.717, 1.165) is 12.8 Å². The molecule has 52 valence electrons. The lowest BCUT2D eigenvalue weighted by molar-refractivity contribution is 0.489.